The van der Waals surface area contributed by atoms with Gasteiger partial charge >= 0.3 is 0 Å². The first kappa shape index (κ1) is 15.7. The number of anilines is 1. The Morgan fingerprint density at radius 3 is 2.64 bits per heavy atom. The van der Waals surface area contributed by atoms with Crippen LogP contribution in [-0.4, -0.2) is 15.9 Å². The van der Waals surface area contributed by atoms with Crippen molar-refractivity contribution in [1.29, 1.82) is 0 Å². The first-order chi connectivity index (χ1) is 12.2. The second kappa shape index (κ2) is 6.62. The van der Waals surface area contributed by atoms with E-state index in [9.17, 15) is 4.79 Å². The molecule has 4 aromatic rings. The van der Waals surface area contributed by atoms with Gasteiger partial charge in [0.15, 0.2) is 15.9 Å². The van der Waals surface area contributed by atoms with E-state index in [1.165, 1.54) is 22.7 Å². The van der Waals surface area contributed by atoms with Crippen LogP contribution in [0, 0.1) is 6.92 Å². The van der Waals surface area contributed by atoms with Gasteiger partial charge in [0.05, 0.1) is 17.7 Å². The summed E-state index contributed by atoms with van der Waals surface area (Å²) in [5.74, 6) is 0.426. The fraction of sp³-hybridized carbons (Fsp3) is 0.0556. The molecule has 0 radical (unpaired) electrons. The molecule has 0 aliphatic rings. The Balaban J connectivity index is 1.75. The second-order valence-electron chi connectivity index (χ2n) is 5.29. The van der Waals surface area contributed by atoms with E-state index in [1.807, 2.05) is 48.7 Å². The lowest BCUT2D eigenvalue weighted by Crippen LogP contribution is -2.11. The SMILES string of the molecule is Cc1csc(NC(=O)c2sc(-c3ccco3)nc2-c2ccccc2)n1. The van der Waals surface area contributed by atoms with Gasteiger partial charge in [-0.15, -0.1) is 22.7 Å². The van der Waals surface area contributed by atoms with E-state index < -0.39 is 0 Å². The van der Waals surface area contributed by atoms with Crippen LogP contribution in [0.3, 0.4) is 0 Å². The molecule has 0 bridgehead atoms. The Kier molecular flexibility index (Phi) is 4.17. The molecule has 25 heavy (non-hydrogen) atoms. The number of amides is 1. The normalized spacial score (nSPS) is 10.8. The number of aromatic nitrogens is 2. The third-order valence-electron chi connectivity index (χ3n) is 3.45. The van der Waals surface area contributed by atoms with Crippen molar-refractivity contribution in [3.05, 3.63) is 64.7 Å². The van der Waals surface area contributed by atoms with Crippen LogP contribution < -0.4 is 5.32 Å². The highest BCUT2D eigenvalue weighted by Gasteiger charge is 2.22. The number of rotatable bonds is 4. The highest BCUT2D eigenvalue weighted by Crippen LogP contribution is 2.34. The summed E-state index contributed by atoms with van der Waals surface area (Å²) < 4.78 is 5.43. The first-order valence-corrected chi connectivity index (χ1v) is 9.24. The van der Waals surface area contributed by atoms with Gasteiger partial charge in [-0.3, -0.25) is 10.1 Å². The quantitative estimate of drug-likeness (QED) is 0.546. The monoisotopic (exact) mass is 367 g/mol. The van der Waals surface area contributed by atoms with Crippen LogP contribution in [0.2, 0.25) is 0 Å². The maximum atomic E-state index is 12.8. The molecule has 5 nitrogen and oxygen atoms in total. The molecule has 0 aliphatic carbocycles. The molecule has 0 spiro atoms. The predicted molar refractivity (Wildman–Crippen MR) is 100 cm³/mol. The van der Waals surface area contributed by atoms with Crippen LogP contribution in [0.15, 0.2) is 58.5 Å². The summed E-state index contributed by atoms with van der Waals surface area (Å²) in [7, 11) is 0. The van der Waals surface area contributed by atoms with Gasteiger partial charge < -0.3 is 4.42 Å². The Bertz CT molecular complexity index is 1000. The van der Waals surface area contributed by atoms with E-state index in [4.69, 9.17) is 4.42 Å². The summed E-state index contributed by atoms with van der Waals surface area (Å²) >= 11 is 2.71. The molecule has 0 saturated heterocycles. The van der Waals surface area contributed by atoms with Crippen LogP contribution in [0.25, 0.3) is 22.0 Å². The van der Waals surface area contributed by atoms with Crippen LogP contribution in [-0.2, 0) is 0 Å². The summed E-state index contributed by atoms with van der Waals surface area (Å²) in [6.07, 6.45) is 1.59. The average molecular weight is 367 g/mol. The number of carbonyl (C=O) groups is 1. The molecular weight excluding hydrogens is 354 g/mol. The third-order valence-corrected chi connectivity index (χ3v) is 5.40. The molecule has 3 heterocycles. The van der Waals surface area contributed by atoms with Crippen LogP contribution in [0.1, 0.15) is 15.4 Å². The zero-order valence-electron chi connectivity index (χ0n) is 13.2. The molecule has 1 aromatic carbocycles. The maximum Gasteiger partial charge on any atom is 0.269 e. The van der Waals surface area contributed by atoms with Gasteiger partial charge in [0.2, 0.25) is 0 Å². The molecule has 0 atom stereocenters. The lowest BCUT2D eigenvalue weighted by molar-refractivity contribution is 0.103. The molecule has 7 heteroatoms. The number of hydrogen-bond acceptors (Lipinski definition) is 6. The minimum absolute atomic E-state index is 0.219. The number of aryl methyl sites for hydroxylation is 1. The summed E-state index contributed by atoms with van der Waals surface area (Å²) in [6.45, 7) is 1.89. The van der Waals surface area contributed by atoms with Gasteiger partial charge in [-0.2, -0.15) is 0 Å². The Hall–Kier alpha value is -2.77. The molecular formula is C18H13N3O2S2. The van der Waals surface area contributed by atoms with Gasteiger partial charge in [-0.1, -0.05) is 30.3 Å². The predicted octanol–water partition coefficient (Wildman–Crippen LogP) is 5.09. The van der Waals surface area contributed by atoms with E-state index >= 15 is 0 Å². The van der Waals surface area contributed by atoms with Crippen molar-refractivity contribution in [3.8, 4) is 22.0 Å². The second-order valence-corrected chi connectivity index (χ2v) is 7.15. The topological polar surface area (TPSA) is 68.0 Å². The Labute approximate surface area is 152 Å². The molecule has 1 amide bonds. The average Bonchev–Trinajstić information content (AvgIpc) is 3.35. The summed E-state index contributed by atoms with van der Waals surface area (Å²) in [5.41, 5.74) is 2.41. The summed E-state index contributed by atoms with van der Waals surface area (Å²) in [6, 6.07) is 13.3. The van der Waals surface area contributed by atoms with Gasteiger partial charge in [0, 0.05) is 10.9 Å². The van der Waals surface area contributed by atoms with Crippen molar-refractivity contribution in [2.24, 2.45) is 0 Å². The molecule has 3 aromatic heterocycles. The first-order valence-electron chi connectivity index (χ1n) is 7.54. The molecule has 0 fully saturated rings. The minimum atomic E-state index is -0.219. The molecule has 1 N–H and O–H groups in total. The van der Waals surface area contributed by atoms with Gasteiger partial charge in [0.25, 0.3) is 5.91 Å². The van der Waals surface area contributed by atoms with E-state index in [0.29, 0.717) is 26.5 Å². The number of nitrogens with one attached hydrogen (secondary N) is 1. The summed E-state index contributed by atoms with van der Waals surface area (Å²) in [4.78, 5) is 22.3. The Morgan fingerprint density at radius 1 is 1.12 bits per heavy atom. The third kappa shape index (κ3) is 3.24. The molecule has 0 aliphatic heterocycles. The largest absolute Gasteiger partial charge is 0.462 e. The van der Waals surface area contributed by atoms with Crippen molar-refractivity contribution in [1.82, 2.24) is 9.97 Å². The zero-order valence-corrected chi connectivity index (χ0v) is 14.9. The Morgan fingerprint density at radius 2 is 1.96 bits per heavy atom. The number of carbonyl (C=O) groups excluding carboxylic acids is 1. The van der Waals surface area contributed by atoms with Crippen LogP contribution in [0.4, 0.5) is 5.13 Å². The van der Waals surface area contributed by atoms with E-state index in [0.717, 1.165) is 11.3 Å². The number of hydrogen-bond donors (Lipinski definition) is 1. The minimum Gasteiger partial charge on any atom is -0.462 e. The number of thiazole rings is 2. The van der Waals surface area contributed by atoms with Crippen molar-refractivity contribution >= 4 is 33.7 Å². The molecule has 4 rings (SSSR count). The summed E-state index contributed by atoms with van der Waals surface area (Å²) in [5, 5.41) is 6.00. The standard InChI is InChI=1S/C18H13N3O2S2/c1-11-10-24-18(19-11)21-16(22)15-14(12-6-3-2-4-7-12)20-17(25-15)13-8-5-9-23-13/h2-10H,1H3,(H,19,21,22). The van der Waals surface area contributed by atoms with E-state index in [-0.39, 0.29) is 5.91 Å². The van der Waals surface area contributed by atoms with Crippen molar-refractivity contribution < 1.29 is 9.21 Å². The fourth-order valence-electron chi connectivity index (χ4n) is 2.34. The fourth-order valence-corrected chi connectivity index (χ4v) is 3.97. The zero-order chi connectivity index (χ0) is 17.2. The maximum absolute atomic E-state index is 12.8. The number of furan rings is 1. The molecule has 0 saturated carbocycles. The van der Waals surface area contributed by atoms with Crippen molar-refractivity contribution in [2.75, 3.05) is 5.32 Å². The number of nitrogens with zero attached hydrogens (tertiary/aromatic N) is 2. The smallest absolute Gasteiger partial charge is 0.269 e. The highest BCUT2D eigenvalue weighted by molar-refractivity contribution is 7.17. The number of benzene rings is 1. The lowest BCUT2D eigenvalue weighted by Gasteiger charge is -2.02. The van der Waals surface area contributed by atoms with E-state index in [1.54, 1.807) is 12.3 Å². The van der Waals surface area contributed by atoms with Crippen molar-refractivity contribution in [3.63, 3.8) is 0 Å². The van der Waals surface area contributed by atoms with Crippen molar-refractivity contribution in [2.45, 2.75) is 6.92 Å². The van der Waals surface area contributed by atoms with Gasteiger partial charge in [-0.25, -0.2) is 9.97 Å². The van der Waals surface area contributed by atoms with Crippen LogP contribution in [0.5, 0.6) is 0 Å². The molecule has 124 valence electrons. The van der Waals surface area contributed by atoms with Gasteiger partial charge in [0.1, 0.15) is 4.88 Å². The molecule has 0 unspecified atom stereocenters. The lowest BCUT2D eigenvalue weighted by atomic mass is 10.1. The van der Waals surface area contributed by atoms with E-state index in [2.05, 4.69) is 15.3 Å². The van der Waals surface area contributed by atoms with Crippen LogP contribution >= 0.6 is 22.7 Å². The highest BCUT2D eigenvalue weighted by atomic mass is 32.1. The van der Waals surface area contributed by atoms with Gasteiger partial charge in [-0.05, 0) is 19.1 Å².